The maximum atomic E-state index is 11.7. The minimum atomic E-state index is -0.904. The monoisotopic (exact) mass is 578 g/mol. The van der Waals surface area contributed by atoms with Gasteiger partial charge in [-0.15, -0.1) is 0 Å². The molecule has 3 aromatic heterocycles. The standard InChI is InChI=1S/C36H26N4O4/c41-33(42)17-21-5-1-3-7-27(21)35-29-13-9-23(37-29)19-25-11-15-31(39-25)36(28-8-4-2-6-22(28)18-34(43)44)32-16-12-26(40-32)20-24-10-14-30(35)38-24/h1-16,19-20,37,40H,17-18H2,(H,41,42)(H,43,44). The number of carbonyl (C=O) groups is 2. The molecule has 214 valence electrons. The van der Waals surface area contributed by atoms with Gasteiger partial charge in [0.1, 0.15) is 0 Å². The number of benzene rings is 2. The lowest BCUT2D eigenvalue weighted by Gasteiger charge is -2.09. The second-order valence-electron chi connectivity index (χ2n) is 10.7. The van der Waals surface area contributed by atoms with E-state index in [1.165, 1.54) is 0 Å². The van der Waals surface area contributed by atoms with E-state index < -0.39 is 11.9 Å². The zero-order chi connectivity index (χ0) is 30.2. The molecule has 0 saturated carbocycles. The van der Waals surface area contributed by atoms with Gasteiger partial charge in [-0.05, 0) is 83.0 Å². The largest absolute Gasteiger partial charge is 0.481 e. The quantitative estimate of drug-likeness (QED) is 0.164. The number of aliphatic carboxylic acids is 2. The zero-order valence-electron chi connectivity index (χ0n) is 23.4. The van der Waals surface area contributed by atoms with Crippen LogP contribution in [0.1, 0.15) is 33.9 Å². The molecule has 0 atom stereocenters. The molecule has 0 aliphatic carbocycles. The van der Waals surface area contributed by atoms with Crippen LogP contribution in [-0.2, 0) is 22.4 Å². The first-order valence-electron chi connectivity index (χ1n) is 14.1. The van der Waals surface area contributed by atoms with Crippen LogP contribution in [0.4, 0.5) is 0 Å². The van der Waals surface area contributed by atoms with Crippen LogP contribution >= 0.6 is 0 Å². The van der Waals surface area contributed by atoms with Gasteiger partial charge in [-0.2, -0.15) is 0 Å². The van der Waals surface area contributed by atoms with E-state index >= 15 is 0 Å². The topological polar surface area (TPSA) is 132 Å². The van der Waals surface area contributed by atoms with Gasteiger partial charge in [0, 0.05) is 33.2 Å². The van der Waals surface area contributed by atoms with Crippen molar-refractivity contribution >= 4 is 58.3 Å². The van der Waals surface area contributed by atoms with E-state index in [0.717, 1.165) is 55.7 Å². The fourth-order valence-electron chi connectivity index (χ4n) is 5.80. The molecule has 2 aliphatic rings. The van der Waals surface area contributed by atoms with Gasteiger partial charge in [0.2, 0.25) is 0 Å². The molecule has 2 aliphatic heterocycles. The molecule has 0 spiro atoms. The van der Waals surface area contributed by atoms with Gasteiger partial charge < -0.3 is 20.2 Å². The molecule has 8 heteroatoms. The molecule has 2 aromatic carbocycles. The molecule has 8 nitrogen and oxygen atoms in total. The zero-order valence-corrected chi connectivity index (χ0v) is 23.4. The van der Waals surface area contributed by atoms with Crippen molar-refractivity contribution in [1.82, 2.24) is 19.9 Å². The third-order valence-corrected chi connectivity index (χ3v) is 7.65. The fourth-order valence-corrected chi connectivity index (χ4v) is 5.80. The maximum Gasteiger partial charge on any atom is 0.307 e. The highest BCUT2D eigenvalue weighted by atomic mass is 16.4. The molecule has 44 heavy (non-hydrogen) atoms. The lowest BCUT2D eigenvalue weighted by molar-refractivity contribution is -0.137. The van der Waals surface area contributed by atoms with E-state index in [0.29, 0.717) is 22.5 Å². The summed E-state index contributed by atoms with van der Waals surface area (Å²) in [6.07, 6.45) is 7.52. The van der Waals surface area contributed by atoms with Crippen LogP contribution in [0.15, 0.2) is 84.9 Å². The highest BCUT2D eigenvalue weighted by Gasteiger charge is 2.17. The number of nitrogens with one attached hydrogen (secondary N) is 2. The van der Waals surface area contributed by atoms with Crippen molar-refractivity contribution in [1.29, 1.82) is 0 Å². The number of H-pyrrole nitrogens is 2. The second-order valence-corrected chi connectivity index (χ2v) is 10.7. The highest BCUT2D eigenvalue weighted by Crippen LogP contribution is 2.35. The van der Waals surface area contributed by atoms with Gasteiger partial charge in [0.25, 0.3) is 0 Å². The Kier molecular flexibility index (Phi) is 6.71. The molecule has 5 aromatic rings. The molecule has 0 radical (unpaired) electrons. The summed E-state index contributed by atoms with van der Waals surface area (Å²) in [4.78, 5) is 40.3. The SMILES string of the molecule is O=C(O)Cc1ccccc1-c1c2nc(cc3ccc([nH]3)c(-c3ccccc3CC(=O)O)c3nc(cc4ccc1[nH]4)C=C3)C=C2. The van der Waals surface area contributed by atoms with Gasteiger partial charge in [0.15, 0.2) is 0 Å². The summed E-state index contributed by atoms with van der Waals surface area (Å²) < 4.78 is 0. The number of rotatable bonds is 6. The van der Waals surface area contributed by atoms with Gasteiger partial charge >= 0.3 is 11.9 Å². The van der Waals surface area contributed by atoms with Crippen LogP contribution < -0.4 is 0 Å². The van der Waals surface area contributed by atoms with Crippen LogP contribution in [0.5, 0.6) is 0 Å². The van der Waals surface area contributed by atoms with Crippen molar-refractivity contribution in [2.45, 2.75) is 12.8 Å². The van der Waals surface area contributed by atoms with Crippen LogP contribution in [-0.4, -0.2) is 42.1 Å². The highest BCUT2D eigenvalue weighted by molar-refractivity contribution is 5.95. The molecular formula is C36H26N4O4. The van der Waals surface area contributed by atoms with E-state index in [1.807, 2.05) is 109 Å². The molecule has 0 unspecified atom stereocenters. The fraction of sp³-hybridized carbons (Fsp3) is 0.0556. The Bertz CT molecular complexity index is 2050. The van der Waals surface area contributed by atoms with E-state index in [2.05, 4.69) is 9.97 Å². The number of hydrogen-bond donors (Lipinski definition) is 4. The van der Waals surface area contributed by atoms with E-state index in [4.69, 9.17) is 9.97 Å². The van der Waals surface area contributed by atoms with Gasteiger partial charge in [-0.1, -0.05) is 48.5 Å². The van der Waals surface area contributed by atoms with Crippen molar-refractivity contribution in [3.63, 3.8) is 0 Å². The normalized spacial score (nSPS) is 12.0. The summed E-state index contributed by atoms with van der Waals surface area (Å²) >= 11 is 0. The number of aromatic nitrogens is 4. The smallest absolute Gasteiger partial charge is 0.307 e. The summed E-state index contributed by atoms with van der Waals surface area (Å²) in [7, 11) is 0. The second kappa shape index (κ2) is 11.0. The van der Waals surface area contributed by atoms with Crippen LogP contribution in [0.2, 0.25) is 0 Å². The minimum Gasteiger partial charge on any atom is -0.481 e. The average molecular weight is 579 g/mol. The number of hydrogen-bond acceptors (Lipinski definition) is 4. The minimum absolute atomic E-state index is 0.112. The Hall–Kier alpha value is -6.02. The first kappa shape index (κ1) is 26.9. The number of carboxylic acid groups (broad SMARTS) is 2. The lowest BCUT2D eigenvalue weighted by atomic mass is 9.96. The Morgan fingerprint density at radius 1 is 0.568 bits per heavy atom. The van der Waals surface area contributed by atoms with E-state index in [9.17, 15) is 19.8 Å². The first-order valence-corrected chi connectivity index (χ1v) is 14.1. The number of nitrogens with zero attached hydrogens (tertiary/aromatic N) is 2. The third kappa shape index (κ3) is 5.20. The predicted molar refractivity (Wildman–Crippen MR) is 172 cm³/mol. The molecule has 0 fully saturated rings. The maximum absolute atomic E-state index is 11.7. The van der Waals surface area contributed by atoms with E-state index in [1.54, 1.807) is 0 Å². The van der Waals surface area contributed by atoms with Crippen LogP contribution in [0.25, 0.3) is 68.6 Å². The predicted octanol–water partition coefficient (Wildman–Crippen LogP) is 7.24. The molecule has 4 N–H and O–H groups in total. The van der Waals surface area contributed by atoms with Crippen molar-refractivity contribution < 1.29 is 19.8 Å². The summed E-state index contributed by atoms with van der Waals surface area (Å²) in [6, 6.07) is 26.7. The van der Waals surface area contributed by atoms with Gasteiger partial charge in [-0.3, -0.25) is 9.59 Å². The van der Waals surface area contributed by atoms with Crippen LogP contribution in [0, 0.1) is 0 Å². The summed E-state index contributed by atoms with van der Waals surface area (Å²) in [5, 5.41) is 19.2. The van der Waals surface area contributed by atoms with Gasteiger partial charge in [-0.25, -0.2) is 9.97 Å². The Balaban J connectivity index is 1.54. The summed E-state index contributed by atoms with van der Waals surface area (Å²) in [5.41, 5.74) is 10.7. The van der Waals surface area contributed by atoms with Crippen molar-refractivity contribution in [3.05, 3.63) is 119 Å². The summed E-state index contributed by atoms with van der Waals surface area (Å²) in [5.74, 6) is -1.81. The molecule has 0 saturated heterocycles. The number of carboxylic acids is 2. The first-order chi connectivity index (χ1) is 21.4. The molecule has 8 bridgehead atoms. The number of fused-ring (bicyclic) bond motifs is 8. The Morgan fingerprint density at radius 3 is 1.43 bits per heavy atom. The van der Waals surface area contributed by atoms with Crippen molar-refractivity contribution in [3.8, 4) is 22.3 Å². The third-order valence-electron chi connectivity index (χ3n) is 7.65. The van der Waals surface area contributed by atoms with Gasteiger partial charge in [0.05, 0.1) is 35.6 Å². The molecule has 7 rings (SSSR count). The Labute approximate surface area is 251 Å². The summed E-state index contributed by atoms with van der Waals surface area (Å²) in [6.45, 7) is 0. The number of aromatic amines is 2. The molecular weight excluding hydrogens is 552 g/mol. The van der Waals surface area contributed by atoms with Crippen LogP contribution in [0.3, 0.4) is 0 Å². The van der Waals surface area contributed by atoms with Crippen molar-refractivity contribution in [2.24, 2.45) is 0 Å². The Morgan fingerprint density at radius 2 is 1.00 bits per heavy atom. The average Bonchev–Trinajstić information content (AvgIpc) is 3.81. The molecule has 5 heterocycles. The molecule has 0 amide bonds. The van der Waals surface area contributed by atoms with E-state index in [-0.39, 0.29) is 12.8 Å². The lowest BCUT2D eigenvalue weighted by Crippen LogP contribution is -2.02. The van der Waals surface area contributed by atoms with Crippen molar-refractivity contribution in [2.75, 3.05) is 0 Å².